The van der Waals surface area contributed by atoms with E-state index in [9.17, 15) is 10.1 Å². The smallest absolute Gasteiger partial charge is 0.311 e. The van der Waals surface area contributed by atoms with E-state index in [1.54, 1.807) is 6.07 Å². The van der Waals surface area contributed by atoms with E-state index < -0.39 is 4.92 Å². The molecule has 0 spiro atoms. The largest absolute Gasteiger partial charge is 0.482 e. The molecule has 0 radical (unpaired) electrons. The fourth-order valence-electron chi connectivity index (χ4n) is 1.87. The van der Waals surface area contributed by atoms with Gasteiger partial charge in [-0.25, -0.2) is 0 Å². The van der Waals surface area contributed by atoms with E-state index in [-0.39, 0.29) is 5.69 Å². The Hall–Kier alpha value is -1.88. The third-order valence-corrected chi connectivity index (χ3v) is 3.50. The number of nitro benzene ring substituents is 1. The fourth-order valence-corrected chi connectivity index (χ4v) is 2.22. The predicted molar refractivity (Wildman–Crippen MR) is 81.2 cm³/mol. The molecule has 2 rings (SSSR count). The second-order valence-corrected chi connectivity index (χ2v) is 5.03. The van der Waals surface area contributed by atoms with Crippen LogP contribution in [0.4, 0.5) is 5.69 Å². The molecular weight excluding hydrogens is 322 g/mol. The summed E-state index contributed by atoms with van der Waals surface area (Å²) in [7, 11) is 0. The number of nitrogens with zero attached hydrogens (tertiary/aromatic N) is 1. The van der Waals surface area contributed by atoms with Crippen molar-refractivity contribution in [3.8, 4) is 5.75 Å². The van der Waals surface area contributed by atoms with Gasteiger partial charge in [0.15, 0.2) is 5.75 Å². The Kier molecular flexibility index (Phi) is 4.74. The zero-order chi connectivity index (χ0) is 14.5. The van der Waals surface area contributed by atoms with E-state index in [4.69, 9.17) is 4.74 Å². The number of alkyl halides is 1. The molecule has 0 fully saturated rings. The quantitative estimate of drug-likeness (QED) is 0.463. The summed E-state index contributed by atoms with van der Waals surface area (Å²) in [5.74, 6) is 0.293. The number of halogens is 1. The van der Waals surface area contributed by atoms with Gasteiger partial charge in [-0.15, -0.1) is 0 Å². The lowest BCUT2D eigenvalue weighted by atomic mass is 10.1. The van der Waals surface area contributed by atoms with Crippen LogP contribution in [0, 0.1) is 17.0 Å². The minimum Gasteiger partial charge on any atom is -0.482 e. The second-order valence-electron chi connectivity index (χ2n) is 4.47. The zero-order valence-corrected chi connectivity index (χ0v) is 12.6. The molecule has 4 nitrogen and oxygen atoms in total. The molecule has 0 aliphatic heterocycles. The molecule has 0 aliphatic rings. The molecule has 0 unspecified atom stereocenters. The fraction of sp³-hybridized carbons (Fsp3) is 0.200. The van der Waals surface area contributed by atoms with E-state index in [1.807, 2.05) is 37.3 Å². The molecule has 0 N–H and O–H groups in total. The number of hydrogen-bond donors (Lipinski definition) is 0. The van der Waals surface area contributed by atoms with Crippen LogP contribution in [-0.4, -0.2) is 4.92 Å². The maximum atomic E-state index is 11.1. The van der Waals surface area contributed by atoms with Gasteiger partial charge in [0.1, 0.15) is 6.61 Å². The number of rotatable bonds is 5. The van der Waals surface area contributed by atoms with Crippen molar-refractivity contribution in [2.75, 3.05) is 0 Å². The van der Waals surface area contributed by atoms with Crippen molar-refractivity contribution in [2.45, 2.75) is 18.9 Å². The van der Waals surface area contributed by atoms with Crippen LogP contribution in [-0.2, 0) is 11.9 Å². The van der Waals surface area contributed by atoms with E-state index in [1.165, 1.54) is 6.07 Å². The minimum absolute atomic E-state index is 0.00500. The average Bonchev–Trinajstić information content (AvgIpc) is 2.45. The maximum Gasteiger partial charge on any atom is 0.311 e. The van der Waals surface area contributed by atoms with E-state index >= 15 is 0 Å². The SMILES string of the molecule is Cc1cccc(COc2ccc(CBr)cc2[N+](=O)[O-])c1. The molecule has 0 heterocycles. The van der Waals surface area contributed by atoms with Crippen LogP contribution in [0.25, 0.3) is 0 Å². The van der Waals surface area contributed by atoms with E-state index in [0.29, 0.717) is 17.7 Å². The molecule has 5 heteroatoms. The summed E-state index contributed by atoms with van der Waals surface area (Å²) >= 11 is 3.29. The minimum atomic E-state index is -0.419. The molecule has 2 aromatic rings. The molecule has 0 saturated heterocycles. The highest BCUT2D eigenvalue weighted by Gasteiger charge is 2.15. The van der Waals surface area contributed by atoms with Crippen molar-refractivity contribution in [3.63, 3.8) is 0 Å². The highest BCUT2D eigenvalue weighted by Crippen LogP contribution is 2.29. The molecule has 0 atom stereocenters. The van der Waals surface area contributed by atoms with Gasteiger partial charge in [0, 0.05) is 11.4 Å². The first-order valence-corrected chi connectivity index (χ1v) is 7.24. The molecule has 0 saturated carbocycles. The normalized spacial score (nSPS) is 10.3. The molecule has 2 aromatic carbocycles. The molecule has 0 aliphatic carbocycles. The van der Waals surface area contributed by atoms with Gasteiger partial charge >= 0.3 is 5.69 Å². The first kappa shape index (κ1) is 14.5. The molecular formula is C15H14BrNO3. The first-order chi connectivity index (χ1) is 9.60. The highest BCUT2D eigenvalue weighted by molar-refractivity contribution is 9.08. The highest BCUT2D eigenvalue weighted by atomic mass is 79.9. The van der Waals surface area contributed by atoms with Crippen LogP contribution >= 0.6 is 15.9 Å². The van der Waals surface area contributed by atoms with Crippen molar-refractivity contribution in [3.05, 3.63) is 69.3 Å². The van der Waals surface area contributed by atoms with Crippen LogP contribution in [0.5, 0.6) is 5.75 Å². The van der Waals surface area contributed by atoms with Crippen LogP contribution in [0.3, 0.4) is 0 Å². The van der Waals surface area contributed by atoms with Crippen LogP contribution in [0.2, 0.25) is 0 Å². The topological polar surface area (TPSA) is 52.4 Å². The summed E-state index contributed by atoms with van der Waals surface area (Å²) in [6, 6.07) is 12.9. The predicted octanol–water partition coefficient (Wildman–Crippen LogP) is 4.38. The van der Waals surface area contributed by atoms with E-state index in [0.717, 1.165) is 16.7 Å². The summed E-state index contributed by atoms with van der Waals surface area (Å²) < 4.78 is 5.58. The Labute approximate surface area is 125 Å². The Bertz CT molecular complexity index is 628. The summed E-state index contributed by atoms with van der Waals surface area (Å²) in [6.45, 7) is 2.31. The van der Waals surface area contributed by atoms with Gasteiger partial charge in [-0.1, -0.05) is 51.8 Å². The summed E-state index contributed by atoms with van der Waals surface area (Å²) in [6.07, 6.45) is 0. The number of nitro groups is 1. The molecule has 0 bridgehead atoms. The summed E-state index contributed by atoms with van der Waals surface area (Å²) in [4.78, 5) is 10.6. The second kappa shape index (κ2) is 6.52. The van der Waals surface area contributed by atoms with Crippen molar-refractivity contribution in [1.29, 1.82) is 0 Å². The Balaban J connectivity index is 2.18. The van der Waals surface area contributed by atoms with Gasteiger partial charge in [0.2, 0.25) is 0 Å². The molecule has 104 valence electrons. The van der Waals surface area contributed by atoms with Gasteiger partial charge in [-0.2, -0.15) is 0 Å². The Morgan fingerprint density at radius 2 is 2.00 bits per heavy atom. The van der Waals surface area contributed by atoms with Gasteiger partial charge < -0.3 is 4.74 Å². The van der Waals surface area contributed by atoms with Crippen molar-refractivity contribution >= 4 is 21.6 Å². The third kappa shape index (κ3) is 3.57. The van der Waals surface area contributed by atoms with Gasteiger partial charge in [-0.05, 0) is 24.1 Å². The monoisotopic (exact) mass is 335 g/mol. The van der Waals surface area contributed by atoms with Gasteiger partial charge in [0.25, 0.3) is 0 Å². The molecule has 0 aromatic heterocycles. The first-order valence-electron chi connectivity index (χ1n) is 6.12. The number of hydrogen-bond acceptors (Lipinski definition) is 3. The standard InChI is InChI=1S/C15H14BrNO3/c1-11-3-2-4-13(7-11)10-20-15-6-5-12(9-16)8-14(15)17(18)19/h2-8H,9-10H2,1H3. The van der Waals surface area contributed by atoms with Gasteiger partial charge in [-0.3, -0.25) is 10.1 Å². The lowest BCUT2D eigenvalue weighted by molar-refractivity contribution is -0.386. The Morgan fingerprint density at radius 3 is 2.65 bits per heavy atom. The number of aryl methyl sites for hydroxylation is 1. The number of benzene rings is 2. The van der Waals surface area contributed by atoms with E-state index in [2.05, 4.69) is 15.9 Å². The maximum absolute atomic E-state index is 11.1. The van der Waals surface area contributed by atoms with Crippen LogP contribution in [0.15, 0.2) is 42.5 Å². The summed E-state index contributed by atoms with van der Waals surface area (Å²) in [5.41, 5.74) is 2.97. The number of ether oxygens (including phenoxy) is 1. The summed E-state index contributed by atoms with van der Waals surface area (Å²) in [5, 5.41) is 11.6. The van der Waals surface area contributed by atoms with Crippen molar-refractivity contribution in [2.24, 2.45) is 0 Å². The van der Waals surface area contributed by atoms with Crippen molar-refractivity contribution < 1.29 is 9.66 Å². The lowest BCUT2D eigenvalue weighted by Gasteiger charge is -2.08. The third-order valence-electron chi connectivity index (χ3n) is 2.85. The zero-order valence-electron chi connectivity index (χ0n) is 11.0. The Morgan fingerprint density at radius 1 is 1.20 bits per heavy atom. The van der Waals surface area contributed by atoms with Crippen LogP contribution in [0.1, 0.15) is 16.7 Å². The van der Waals surface area contributed by atoms with Crippen molar-refractivity contribution in [1.82, 2.24) is 0 Å². The van der Waals surface area contributed by atoms with Crippen LogP contribution < -0.4 is 4.74 Å². The molecule has 0 amide bonds. The van der Waals surface area contributed by atoms with Gasteiger partial charge in [0.05, 0.1) is 4.92 Å². The lowest BCUT2D eigenvalue weighted by Crippen LogP contribution is -2.00. The average molecular weight is 336 g/mol. The molecule has 20 heavy (non-hydrogen) atoms.